The quantitative estimate of drug-likeness (QED) is 0.802. The largest absolute Gasteiger partial charge is 0.361 e. The molecule has 0 radical (unpaired) electrons. The van der Waals surface area contributed by atoms with Crippen molar-refractivity contribution in [3.8, 4) is 0 Å². The smallest absolute Gasteiger partial charge is 0.235 e. The van der Waals surface area contributed by atoms with Gasteiger partial charge in [0.1, 0.15) is 5.76 Å². The Morgan fingerprint density at radius 3 is 2.71 bits per heavy atom. The van der Waals surface area contributed by atoms with Crippen LogP contribution in [0.1, 0.15) is 24.3 Å². The van der Waals surface area contributed by atoms with Crippen molar-refractivity contribution >= 4 is 17.7 Å². The Balaban J connectivity index is 1.80. The monoisotopic (exact) mass is 252 g/mol. The maximum Gasteiger partial charge on any atom is 0.235 e. The van der Waals surface area contributed by atoms with E-state index in [0.29, 0.717) is 0 Å². The molecule has 5 heteroatoms. The molecule has 2 aliphatic rings. The topological polar surface area (TPSA) is 46.3 Å². The maximum atomic E-state index is 12.5. The number of carbonyl (C=O) groups excluding carboxylic acids is 1. The number of nitrogens with zero attached hydrogens (tertiary/aromatic N) is 2. The summed E-state index contributed by atoms with van der Waals surface area (Å²) in [6, 6.07) is 1.91. The van der Waals surface area contributed by atoms with E-state index in [9.17, 15) is 4.79 Å². The number of thioether (sulfide) groups is 1. The fourth-order valence-electron chi connectivity index (χ4n) is 2.37. The molecule has 0 atom stereocenters. The Morgan fingerprint density at radius 1 is 1.47 bits per heavy atom. The molecule has 2 fully saturated rings. The van der Waals surface area contributed by atoms with E-state index in [0.717, 1.165) is 48.9 Å². The van der Waals surface area contributed by atoms with Crippen molar-refractivity contribution in [1.29, 1.82) is 0 Å². The van der Waals surface area contributed by atoms with Crippen LogP contribution in [0.3, 0.4) is 0 Å². The van der Waals surface area contributed by atoms with Gasteiger partial charge in [-0.15, -0.1) is 0 Å². The molecule has 2 heterocycles. The van der Waals surface area contributed by atoms with E-state index in [4.69, 9.17) is 4.52 Å². The van der Waals surface area contributed by atoms with Crippen molar-refractivity contribution in [3.05, 3.63) is 17.5 Å². The van der Waals surface area contributed by atoms with Crippen LogP contribution >= 0.6 is 11.8 Å². The standard InChI is InChI=1S/C12H16N2O2S/c1-9-8-10(13-16-9)12(2-3-12)11(15)14-4-6-17-7-5-14/h8H,2-7H2,1H3. The van der Waals surface area contributed by atoms with E-state index in [1.54, 1.807) is 0 Å². The number of hydrogen-bond donors (Lipinski definition) is 0. The zero-order chi connectivity index (χ0) is 11.9. The first-order valence-corrected chi connectivity index (χ1v) is 7.19. The molecule has 17 heavy (non-hydrogen) atoms. The summed E-state index contributed by atoms with van der Waals surface area (Å²) in [6.45, 7) is 3.62. The van der Waals surface area contributed by atoms with Crippen molar-refractivity contribution in [3.63, 3.8) is 0 Å². The molecule has 0 aromatic carbocycles. The third kappa shape index (κ3) is 1.86. The first kappa shape index (κ1) is 11.1. The summed E-state index contributed by atoms with van der Waals surface area (Å²) in [5.41, 5.74) is 0.484. The summed E-state index contributed by atoms with van der Waals surface area (Å²) in [6.07, 6.45) is 1.84. The highest BCUT2D eigenvalue weighted by molar-refractivity contribution is 7.99. The van der Waals surface area contributed by atoms with Crippen LogP contribution < -0.4 is 0 Å². The molecular formula is C12H16N2O2S. The van der Waals surface area contributed by atoms with Gasteiger partial charge in [0.2, 0.25) is 5.91 Å². The van der Waals surface area contributed by atoms with Crippen molar-refractivity contribution < 1.29 is 9.32 Å². The summed E-state index contributed by atoms with van der Waals surface area (Å²) in [5.74, 6) is 3.15. The van der Waals surface area contributed by atoms with Crippen LogP contribution in [0, 0.1) is 6.92 Å². The summed E-state index contributed by atoms with van der Waals surface area (Å²) in [7, 11) is 0. The summed E-state index contributed by atoms with van der Waals surface area (Å²) < 4.78 is 5.10. The molecule has 1 amide bonds. The SMILES string of the molecule is Cc1cc(C2(C(=O)N3CCSCC3)CC2)no1. The van der Waals surface area contributed by atoms with Gasteiger partial charge in [0, 0.05) is 30.7 Å². The van der Waals surface area contributed by atoms with E-state index >= 15 is 0 Å². The number of aromatic nitrogens is 1. The zero-order valence-electron chi connectivity index (χ0n) is 9.94. The van der Waals surface area contributed by atoms with Gasteiger partial charge in [-0.25, -0.2) is 0 Å². The third-order valence-electron chi connectivity index (χ3n) is 3.58. The van der Waals surface area contributed by atoms with Crippen molar-refractivity contribution in [2.75, 3.05) is 24.6 Å². The van der Waals surface area contributed by atoms with Crippen LogP contribution in [0.4, 0.5) is 0 Å². The lowest BCUT2D eigenvalue weighted by Crippen LogP contribution is -2.44. The minimum absolute atomic E-state index is 0.256. The van der Waals surface area contributed by atoms with E-state index < -0.39 is 0 Å². The molecule has 1 saturated heterocycles. The molecule has 1 aromatic rings. The molecular weight excluding hydrogens is 236 g/mol. The second-order valence-corrected chi connectivity index (χ2v) is 6.03. The summed E-state index contributed by atoms with van der Waals surface area (Å²) >= 11 is 1.92. The van der Waals surface area contributed by atoms with Crippen LogP contribution in [-0.2, 0) is 10.2 Å². The zero-order valence-corrected chi connectivity index (χ0v) is 10.8. The fraction of sp³-hybridized carbons (Fsp3) is 0.667. The van der Waals surface area contributed by atoms with Gasteiger partial charge in [-0.2, -0.15) is 11.8 Å². The lowest BCUT2D eigenvalue weighted by molar-refractivity contribution is -0.133. The predicted octanol–water partition coefficient (Wildman–Crippen LogP) is 1.59. The van der Waals surface area contributed by atoms with Gasteiger partial charge in [0.05, 0.1) is 11.1 Å². The van der Waals surface area contributed by atoms with Crippen LogP contribution in [-0.4, -0.2) is 40.6 Å². The molecule has 1 aliphatic heterocycles. The molecule has 3 rings (SSSR count). The first-order chi connectivity index (χ1) is 8.22. The molecule has 0 bridgehead atoms. The lowest BCUT2D eigenvalue weighted by atomic mass is 10.0. The van der Waals surface area contributed by atoms with Gasteiger partial charge in [-0.1, -0.05) is 5.16 Å². The van der Waals surface area contributed by atoms with Crippen LogP contribution in [0.15, 0.2) is 10.6 Å². The molecule has 0 N–H and O–H groups in total. The van der Waals surface area contributed by atoms with E-state index in [1.165, 1.54) is 0 Å². The Bertz CT molecular complexity index is 433. The van der Waals surface area contributed by atoms with E-state index in [1.807, 2.05) is 29.7 Å². The Labute approximate surface area is 105 Å². The second-order valence-electron chi connectivity index (χ2n) is 4.81. The highest BCUT2D eigenvalue weighted by atomic mass is 32.2. The molecule has 4 nitrogen and oxygen atoms in total. The number of hydrogen-bond acceptors (Lipinski definition) is 4. The average Bonchev–Trinajstić information content (AvgIpc) is 3.06. The third-order valence-corrected chi connectivity index (χ3v) is 4.52. The number of carbonyl (C=O) groups is 1. The Hall–Kier alpha value is -0.970. The highest BCUT2D eigenvalue weighted by Gasteiger charge is 2.55. The molecule has 92 valence electrons. The average molecular weight is 252 g/mol. The van der Waals surface area contributed by atoms with Gasteiger partial charge >= 0.3 is 0 Å². The van der Waals surface area contributed by atoms with Crippen LogP contribution in [0.2, 0.25) is 0 Å². The highest BCUT2D eigenvalue weighted by Crippen LogP contribution is 2.49. The molecule has 1 aliphatic carbocycles. The van der Waals surface area contributed by atoms with E-state index in [2.05, 4.69) is 5.16 Å². The number of rotatable bonds is 2. The molecule has 1 saturated carbocycles. The predicted molar refractivity (Wildman–Crippen MR) is 66.1 cm³/mol. The first-order valence-electron chi connectivity index (χ1n) is 6.03. The Kier molecular flexibility index (Phi) is 2.65. The normalized spacial score (nSPS) is 22.5. The van der Waals surface area contributed by atoms with Crippen molar-refractivity contribution in [1.82, 2.24) is 10.1 Å². The van der Waals surface area contributed by atoms with Gasteiger partial charge in [-0.3, -0.25) is 4.79 Å². The number of aryl methyl sites for hydroxylation is 1. The fourth-order valence-corrected chi connectivity index (χ4v) is 3.27. The minimum Gasteiger partial charge on any atom is -0.361 e. The van der Waals surface area contributed by atoms with Gasteiger partial charge in [-0.05, 0) is 19.8 Å². The van der Waals surface area contributed by atoms with Gasteiger partial charge in [0.25, 0.3) is 0 Å². The lowest BCUT2D eigenvalue weighted by Gasteiger charge is -2.29. The molecule has 1 aromatic heterocycles. The van der Waals surface area contributed by atoms with Gasteiger partial charge < -0.3 is 9.42 Å². The maximum absolute atomic E-state index is 12.5. The van der Waals surface area contributed by atoms with Crippen LogP contribution in [0.25, 0.3) is 0 Å². The molecule has 0 unspecified atom stereocenters. The molecule has 0 spiro atoms. The number of amides is 1. The minimum atomic E-state index is -0.347. The van der Waals surface area contributed by atoms with Gasteiger partial charge in [0.15, 0.2) is 0 Å². The Morgan fingerprint density at radius 2 is 2.18 bits per heavy atom. The second kappa shape index (κ2) is 4.05. The summed E-state index contributed by atoms with van der Waals surface area (Å²) in [5, 5.41) is 4.04. The summed E-state index contributed by atoms with van der Waals surface area (Å²) in [4.78, 5) is 14.5. The van der Waals surface area contributed by atoms with E-state index in [-0.39, 0.29) is 11.3 Å². The van der Waals surface area contributed by atoms with Crippen LogP contribution in [0.5, 0.6) is 0 Å². The van der Waals surface area contributed by atoms with Crippen molar-refractivity contribution in [2.24, 2.45) is 0 Å². The van der Waals surface area contributed by atoms with Crippen molar-refractivity contribution in [2.45, 2.75) is 25.2 Å².